The minimum absolute atomic E-state index is 0. The molecule has 2 aromatic carbocycles. The quantitative estimate of drug-likeness (QED) is 0.652. The molecule has 0 heterocycles. The summed E-state index contributed by atoms with van der Waals surface area (Å²) in [6.45, 7) is 1.59. The van der Waals surface area contributed by atoms with E-state index in [1.54, 1.807) is 37.3 Å². The minimum Gasteiger partial charge on any atom is -1.00 e. The zero-order valence-corrected chi connectivity index (χ0v) is 14.3. The number of benzene rings is 2. The first-order valence-electron chi connectivity index (χ1n) is 7.49. The molecule has 0 spiro atoms. The second-order valence-electron chi connectivity index (χ2n) is 5.52. The predicted molar refractivity (Wildman–Crippen MR) is 85.4 cm³/mol. The van der Waals surface area contributed by atoms with Crippen molar-refractivity contribution in [2.24, 2.45) is 5.92 Å². The summed E-state index contributed by atoms with van der Waals surface area (Å²) in [6.07, 6.45) is -4.18. The monoisotopic (exact) mass is 359 g/mol. The standard InChI is InChI=1S/C18H16F3NO3.Li.H/c1-12(11-13-7-9-15(10-8-13)18(19,20)21)16(23)22-25-17(24)14-5-3-2-4-6-14;;/h2-10,12H,11H2,1H3,(H,22,23);;/q;+1;-1. The van der Waals surface area contributed by atoms with Gasteiger partial charge in [0, 0.05) is 5.92 Å². The molecule has 0 aliphatic carbocycles. The molecule has 26 heavy (non-hydrogen) atoms. The SMILES string of the molecule is CC(Cc1ccc(C(F)(F)F)cc1)C(=O)NOC(=O)c1ccccc1.[H-].[Li+]. The number of hydroxylamine groups is 1. The summed E-state index contributed by atoms with van der Waals surface area (Å²) in [7, 11) is 0. The van der Waals surface area contributed by atoms with Crippen LogP contribution in [0.1, 0.15) is 29.8 Å². The normalized spacial score (nSPS) is 11.8. The second kappa shape index (κ2) is 9.46. The molecule has 0 saturated carbocycles. The van der Waals surface area contributed by atoms with Gasteiger partial charge in [-0.1, -0.05) is 37.3 Å². The molecule has 0 aliphatic heterocycles. The van der Waals surface area contributed by atoms with Gasteiger partial charge in [-0.25, -0.2) is 4.79 Å². The average Bonchev–Trinajstić information content (AvgIpc) is 2.59. The third kappa shape index (κ3) is 6.25. The molecular formula is C18H17F3LiNO3. The van der Waals surface area contributed by atoms with Crippen molar-refractivity contribution in [1.29, 1.82) is 0 Å². The Bertz CT molecular complexity index is 740. The minimum atomic E-state index is -4.40. The van der Waals surface area contributed by atoms with Crippen molar-refractivity contribution in [3.8, 4) is 0 Å². The van der Waals surface area contributed by atoms with Gasteiger partial charge >= 0.3 is 31.0 Å². The van der Waals surface area contributed by atoms with E-state index in [9.17, 15) is 22.8 Å². The van der Waals surface area contributed by atoms with E-state index >= 15 is 0 Å². The molecule has 1 N–H and O–H groups in total. The molecule has 0 aliphatic rings. The van der Waals surface area contributed by atoms with E-state index in [0.29, 0.717) is 5.56 Å². The largest absolute Gasteiger partial charge is 1.00 e. The van der Waals surface area contributed by atoms with Gasteiger partial charge < -0.3 is 6.26 Å². The molecule has 4 nitrogen and oxygen atoms in total. The summed E-state index contributed by atoms with van der Waals surface area (Å²) in [5, 5.41) is 0. The molecular weight excluding hydrogens is 342 g/mol. The summed E-state index contributed by atoms with van der Waals surface area (Å²) in [4.78, 5) is 28.4. The van der Waals surface area contributed by atoms with Crippen LogP contribution in [0, 0.1) is 5.92 Å². The zero-order chi connectivity index (χ0) is 18.4. The molecule has 0 bridgehead atoms. The molecule has 134 valence electrons. The summed E-state index contributed by atoms with van der Waals surface area (Å²) in [5.74, 6) is -1.82. The van der Waals surface area contributed by atoms with Gasteiger partial charge in [0.15, 0.2) is 0 Å². The molecule has 0 aromatic heterocycles. The third-order valence-corrected chi connectivity index (χ3v) is 3.52. The number of carbonyl (C=O) groups is 2. The van der Waals surface area contributed by atoms with Gasteiger partial charge in [-0.15, -0.1) is 0 Å². The van der Waals surface area contributed by atoms with Crippen LogP contribution in [0.4, 0.5) is 13.2 Å². The number of halogens is 3. The van der Waals surface area contributed by atoms with Crippen LogP contribution in [-0.2, 0) is 22.2 Å². The van der Waals surface area contributed by atoms with Crippen molar-refractivity contribution in [2.75, 3.05) is 0 Å². The Balaban J connectivity index is 0.00000338. The Kier molecular flexibility index (Phi) is 7.94. The van der Waals surface area contributed by atoms with E-state index in [1.807, 2.05) is 0 Å². The maximum Gasteiger partial charge on any atom is 1.00 e. The number of rotatable bonds is 4. The summed E-state index contributed by atoms with van der Waals surface area (Å²) in [5.41, 5.74) is 2.19. The molecule has 1 amide bonds. The molecule has 2 aromatic rings. The fourth-order valence-corrected chi connectivity index (χ4v) is 2.11. The van der Waals surface area contributed by atoms with Crippen LogP contribution >= 0.6 is 0 Å². The van der Waals surface area contributed by atoms with Gasteiger partial charge in [0.1, 0.15) is 0 Å². The summed E-state index contributed by atoms with van der Waals surface area (Å²) >= 11 is 0. The van der Waals surface area contributed by atoms with Crippen molar-refractivity contribution in [3.63, 3.8) is 0 Å². The second-order valence-corrected chi connectivity index (χ2v) is 5.52. The maximum absolute atomic E-state index is 12.5. The molecule has 1 atom stereocenters. The smallest absolute Gasteiger partial charge is 1.00 e. The molecule has 8 heteroatoms. The van der Waals surface area contributed by atoms with Crippen LogP contribution in [0.2, 0.25) is 0 Å². The Morgan fingerprint density at radius 2 is 1.65 bits per heavy atom. The van der Waals surface area contributed by atoms with E-state index < -0.39 is 29.5 Å². The third-order valence-electron chi connectivity index (χ3n) is 3.52. The molecule has 2 rings (SSSR count). The van der Waals surface area contributed by atoms with E-state index in [0.717, 1.165) is 12.1 Å². The van der Waals surface area contributed by atoms with Crippen LogP contribution in [0.25, 0.3) is 0 Å². The van der Waals surface area contributed by atoms with Gasteiger partial charge in [0.05, 0.1) is 11.1 Å². The van der Waals surface area contributed by atoms with Crippen LogP contribution in [0.5, 0.6) is 0 Å². The Hall–Kier alpha value is -2.23. The van der Waals surface area contributed by atoms with Crippen LogP contribution in [0.15, 0.2) is 54.6 Å². The maximum atomic E-state index is 12.5. The Morgan fingerprint density at radius 3 is 2.19 bits per heavy atom. The number of hydrogen-bond donors (Lipinski definition) is 1. The molecule has 0 fully saturated rings. The van der Waals surface area contributed by atoms with Crippen LogP contribution in [-0.4, -0.2) is 11.9 Å². The molecule has 0 saturated heterocycles. The number of nitrogens with one attached hydrogen (secondary N) is 1. The van der Waals surface area contributed by atoms with Crippen molar-refractivity contribution < 1.29 is 47.9 Å². The zero-order valence-electron chi connectivity index (χ0n) is 15.3. The fourth-order valence-electron chi connectivity index (χ4n) is 2.11. The Morgan fingerprint density at radius 1 is 1.08 bits per heavy atom. The van der Waals surface area contributed by atoms with E-state index in [-0.39, 0.29) is 32.3 Å². The van der Waals surface area contributed by atoms with Crippen LogP contribution < -0.4 is 24.3 Å². The van der Waals surface area contributed by atoms with E-state index in [2.05, 4.69) is 5.48 Å². The first-order valence-corrected chi connectivity index (χ1v) is 7.49. The summed E-state index contributed by atoms with van der Waals surface area (Å²) < 4.78 is 37.5. The first kappa shape index (κ1) is 21.8. The van der Waals surface area contributed by atoms with Crippen LogP contribution in [0.3, 0.4) is 0 Å². The Labute approximate surface area is 162 Å². The van der Waals surface area contributed by atoms with E-state index in [4.69, 9.17) is 4.84 Å². The van der Waals surface area contributed by atoms with Crippen molar-refractivity contribution in [2.45, 2.75) is 19.5 Å². The van der Waals surface area contributed by atoms with Crippen molar-refractivity contribution in [1.82, 2.24) is 5.48 Å². The summed E-state index contributed by atoms with van der Waals surface area (Å²) in [6, 6.07) is 12.7. The van der Waals surface area contributed by atoms with Crippen molar-refractivity contribution in [3.05, 3.63) is 71.3 Å². The number of alkyl halides is 3. The first-order chi connectivity index (χ1) is 11.8. The molecule has 0 radical (unpaired) electrons. The van der Waals surface area contributed by atoms with Gasteiger partial charge in [0.2, 0.25) is 0 Å². The van der Waals surface area contributed by atoms with Gasteiger partial charge in [-0.2, -0.15) is 18.7 Å². The average molecular weight is 359 g/mol. The van der Waals surface area contributed by atoms with Gasteiger partial charge in [-0.05, 0) is 36.2 Å². The van der Waals surface area contributed by atoms with Crippen molar-refractivity contribution >= 4 is 11.9 Å². The molecule has 1 unspecified atom stereocenters. The number of amides is 1. The van der Waals surface area contributed by atoms with Gasteiger partial charge in [0.25, 0.3) is 5.91 Å². The number of carbonyl (C=O) groups excluding carboxylic acids is 2. The fraction of sp³-hybridized carbons (Fsp3) is 0.222. The topological polar surface area (TPSA) is 55.4 Å². The predicted octanol–water partition coefficient (Wildman–Crippen LogP) is 0.889. The number of hydrogen-bond acceptors (Lipinski definition) is 3. The van der Waals surface area contributed by atoms with Gasteiger partial charge in [-0.3, -0.25) is 4.79 Å². The van der Waals surface area contributed by atoms with E-state index in [1.165, 1.54) is 12.1 Å².